The maximum atomic E-state index is 13.4. The summed E-state index contributed by atoms with van der Waals surface area (Å²) in [5.41, 5.74) is 6.91. The van der Waals surface area contributed by atoms with Gasteiger partial charge in [0.05, 0.1) is 23.0 Å². The zero-order valence-corrected chi connectivity index (χ0v) is 21.4. The molecule has 4 nitrogen and oxygen atoms in total. The molecule has 190 valence electrons. The molecule has 4 atom stereocenters. The Kier molecular flexibility index (Phi) is 6.55. The minimum Gasteiger partial charge on any atom is -0.454 e. The molecule has 0 radical (unpaired) electrons. The van der Waals surface area contributed by atoms with E-state index in [1.165, 1.54) is 16.7 Å². The van der Waals surface area contributed by atoms with Gasteiger partial charge in [-0.1, -0.05) is 92.2 Å². The summed E-state index contributed by atoms with van der Waals surface area (Å²) in [7, 11) is 0. The first-order valence-electron chi connectivity index (χ1n) is 13.4. The average molecular weight is 503 g/mol. The Balaban J connectivity index is 1.49. The molecule has 0 saturated carbocycles. The van der Waals surface area contributed by atoms with Gasteiger partial charge >= 0.3 is 11.9 Å². The van der Waals surface area contributed by atoms with E-state index in [0.717, 1.165) is 30.4 Å². The number of carbonyl (C=O) groups is 2. The zero-order valence-electron chi connectivity index (χ0n) is 21.4. The van der Waals surface area contributed by atoms with E-state index in [0.29, 0.717) is 11.1 Å². The standard InChI is InChI=1S/C34H30O4/c1-2-3-13-22-18-12-21-27-28(22)30-26-20-11-10-19-25(26)29(27)31(37-33(35)23-14-6-4-7-15-23)32(30)38-34(36)24-16-8-5-9-17-24/h4-12,14-21,29-32H,2-3,13H2,1H3/t29-,30-,31-,32+/m1/s1. The first-order valence-corrected chi connectivity index (χ1v) is 13.4. The van der Waals surface area contributed by atoms with E-state index < -0.39 is 24.1 Å². The largest absolute Gasteiger partial charge is 0.454 e. The number of hydrogen-bond donors (Lipinski definition) is 0. The van der Waals surface area contributed by atoms with Crippen LogP contribution in [0, 0.1) is 0 Å². The van der Waals surface area contributed by atoms with Crippen molar-refractivity contribution in [1.82, 2.24) is 0 Å². The highest BCUT2D eigenvalue weighted by Gasteiger charge is 2.54. The predicted molar refractivity (Wildman–Crippen MR) is 146 cm³/mol. The van der Waals surface area contributed by atoms with E-state index in [1.807, 2.05) is 48.5 Å². The molecule has 3 aliphatic carbocycles. The first-order chi connectivity index (χ1) is 18.7. The van der Waals surface area contributed by atoms with E-state index in [-0.39, 0.29) is 11.8 Å². The molecule has 0 aliphatic heterocycles. The molecule has 38 heavy (non-hydrogen) atoms. The summed E-state index contributed by atoms with van der Waals surface area (Å²) in [5.74, 6) is -1.27. The molecule has 0 amide bonds. The number of esters is 2. The summed E-state index contributed by atoms with van der Waals surface area (Å²) in [6, 6.07) is 32.8. The lowest BCUT2D eigenvalue weighted by atomic mass is 9.59. The van der Waals surface area contributed by atoms with Crippen LogP contribution >= 0.6 is 0 Å². The van der Waals surface area contributed by atoms with Crippen LogP contribution in [0.5, 0.6) is 0 Å². The molecular weight excluding hydrogens is 472 g/mol. The molecule has 2 bridgehead atoms. The molecule has 0 heterocycles. The molecule has 0 spiro atoms. The highest BCUT2D eigenvalue weighted by Crippen LogP contribution is 2.56. The minimum absolute atomic E-state index is 0.222. The number of hydrogen-bond acceptors (Lipinski definition) is 4. The molecule has 4 aromatic carbocycles. The maximum Gasteiger partial charge on any atom is 0.338 e. The van der Waals surface area contributed by atoms with Crippen molar-refractivity contribution >= 4 is 11.9 Å². The molecule has 0 unspecified atom stereocenters. The molecular formula is C34H30O4. The second-order valence-corrected chi connectivity index (χ2v) is 10.1. The van der Waals surface area contributed by atoms with Crippen molar-refractivity contribution in [1.29, 1.82) is 0 Å². The van der Waals surface area contributed by atoms with Crippen LogP contribution < -0.4 is 0 Å². The third-order valence-corrected chi connectivity index (χ3v) is 7.83. The fourth-order valence-corrected chi connectivity index (χ4v) is 6.15. The summed E-state index contributed by atoms with van der Waals surface area (Å²) < 4.78 is 12.6. The fourth-order valence-electron chi connectivity index (χ4n) is 6.15. The summed E-state index contributed by atoms with van der Waals surface area (Å²) in [5, 5.41) is 0. The number of fused-ring (bicyclic) bond motifs is 1. The lowest BCUT2D eigenvalue weighted by Crippen LogP contribution is -2.51. The fraction of sp³-hybridized carbons (Fsp3) is 0.235. The van der Waals surface area contributed by atoms with Crippen molar-refractivity contribution in [2.75, 3.05) is 0 Å². The first kappa shape index (κ1) is 24.2. The van der Waals surface area contributed by atoms with Crippen molar-refractivity contribution in [3.05, 3.63) is 142 Å². The zero-order chi connectivity index (χ0) is 26.1. The second-order valence-electron chi connectivity index (χ2n) is 10.1. The minimum atomic E-state index is -0.649. The van der Waals surface area contributed by atoms with Crippen LogP contribution in [0.15, 0.2) is 103 Å². The average Bonchev–Trinajstić information content (AvgIpc) is 2.97. The summed E-state index contributed by atoms with van der Waals surface area (Å²) in [6.45, 7) is 2.19. The van der Waals surface area contributed by atoms with Gasteiger partial charge < -0.3 is 9.47 Å². The Morgan fingerprint density at radius 3 is 1.68 bits per heavy atom. The van der Waals surface area contributed by atoms with Gasteiger partial charge in [0.15, 0.2) is 12.2 Å². The molecule has 0 fully saturated rings. The molecule has 4 heteroatoms. The van der Waals surface area contributed by atoms with Crippen molar-refractivity contribution in [3.63, 3.8) is 0 Å². The molecule has 0 aromatic heterocycles. The number of ether oxygens (including phenoxy) is 2. The summed E-state index contributed by atoms with van der Waals surface area (Å²) in [4.78, 5) is 26.8. The highest BCUT2D eigenvalue weighted by molar-refractivity contribution is 5.91. The van der Waals surface area contributed by atoms with Crippen LogP contribution in [0.3, 0.4) is 0 Å². The Morgan fingerprint density at radius 1 is 0.605 bits per heavy atom. The Hall–Kier alpha value is -4.18. The smallest absolute Gasteiger partial charge is 0.338 e. The third-order valence-electron chi connectivity index (χ3n) is 7.83. The van der Waals surface area contributed by atoms with E-state index in [1.54, 1.807) is 24.3 Å². The van der Waals surface area contributed by atoms with Crippen LogP contribution in [0.4, 0.5) is 0 Å². The number of rotatable bonds is 7. The van der Waals surface area contributed by atoms with Crippen molar-refractivity contribution in [3.8, 4) is 0 Å². The van der Waals surface area contributed by atoms with Gasteiger partial charge in [0.1, 0.15) is 0 Å². The second kappa shape index (κ2) is 10.3. The van der Waals surface area contributed by atoms with Crippen LogP contribution in [0.25, 0.3) is 0 Å². The number of unbranched alkanes of at least 4 members (excludes halogenated alkanes) is 1. The highest BCUT2D eigenvalue weighted by atomic mass is 16.6. The maximum absolute atomic E-state index is 13.4. The van der Waals surface area contributed by atoms with Gasteiger partial charge in [-0.15, -0.1) is 0 Å². The van der Waals surface area contributed by atoms with Crippen LogP contribution in [0.2, 0.25) is 0 Å². The summed E-state index contributed by atoms with van der Waals surface area (Å²) in [6.07, 6.45) is 1.84. The molecule has 0 saturated heterocycles. The van der Waals surface area contributed by atoms with Gasteiger partial charge in [0, 0.05) is 0 Å². The van der Waals surface area contributed by atoms with Gasteiger partial charge in [-0.2, -0.15) is 0 Å². The predicted octanol–water partition coefficient (Wildman–Crippen LogP) is 7.07. The van der Waals surface area contributed by atoms with E-state index >= 15 is 0 Å². The Bertz CT molecular complexity index is 1460. The van der Waals surface area contributed by atoms with Gasteiger partial charge in [0.25, 0.3) is 0 Å². The Morgan fingerprint density at radius 2 is 1.11 bits per heavy atom. The normalized spacial score (nSPS) is 20.8. The van der Waals surface area contributed by atoms with E-state index in [4.69, 9.17) is 9.47 Å². The molecule has 7 rings (SSSR count). The van der Waals surface area contributed by atoms with E-state index in [2.05, 4.69) is 37.3 Å². The monoisotopic (exact) mass is 502 g/mol. The third kappa shape index (κ3) is 4.20. The summed E-state index contributed by atoms with van der Waals surface area (Å²) >= 11 is 0. The number of aryl methyl sites for hydroxylation is 1. The van der Waals surface area contributed by atoms with Gasteiger partial charge in [-0.25, -0.2) is 9.59 Å². The van der Waals surface area contributed by atoms with Crippen molar-refractivity contribution in [2.45, 2.75) is 50.2 Å². The molecule has 3 aliphatic rings. The lowest BCUT2D eigenvalue weighted by Gasteiger charge is -2.49. The van der Waals surface area contributed by atoms with Crippen LogP contribution in [-0.4, -0.2) is 24.1 Å². The van der Waals surface area contributed by atoms with Gasteiger partial charge in [0.2, 0.25) is 0 Å². The Labute approximate surface area is 223 Å². The number of carbonyl (C=O) groups excluding carboxylic acids is 2. The molecule has 0 N–H and O–H groups in total. The van der Waals surface area contributed by atoms with Crippen LogP contribution in [0.1, 0.15) is 80.1 Å². The van der Waals surface area contributed by atoms with Gasteiger partial charge in [-0.3, -0.25) is 0 Å². The SMILES string of the molecule is CCCCc1cccc2c1[C@H]1c3ccccc3[C@H]2[C@@H](OC(=O)c2ccccc2)[C@H]1OC(=O)c1ccccc1. The topological polar surface area (TPSA) is 52.6 Å². The van der Waals surface area contributed by atoms with Crippen LogP contribution in [-0.2, 0) is 15.9 Å². The van der Waals surface area contributed by atoms with Crippen molar-refractivity contribution in [2.24, 2.45) is 0 Å². The number of benzene rings is 4. The van der Waals surface area contributed by atoms with Gasteiger partial charge in [-0.05, 0) is 64.9 Å². The van der Waals surface area contributed by atoms with Crippen molar-refractivity contribution < 1.29 is 19.1 Å². The van der Waals surface area contributed by atoms with E-state index in [9.17, 15) is 9.59 Å². The lowest BCUT2D eigenvalue weighted by molar-refractivity contribution is -0.0558. The molecule has 4 aromatic rings. The quantitative estimate of drug-likeness (QED) is 0.254.